The smallest absolute Gasteiger partial charge is 0.352 e. The minimum atomic E-state index is -0.967. The molecule has 2 rings (SSSR count). The minimum absolute atomic E-state index is 0.175. The third-order valence-electron chi connectivity index (χ3n) is 2.39. The van der Waals surface area contributed by atoms with E-state index in [1.54, 1.807) is 13.2 Å². The molecular formula is C11H11NO3. The Morgan fingerprint density at radius 3 is 2.80 bits per heavy atom. The van der Waals surface area contributed by atoms with Gasteiger partial charge in [-0.15, -0.1) is 0 Å². The van der Waals surface area contributed by atoms with Crippen molar-refractivity contribution < 1.29 is 14.6 Å². The van der Waals surface area contributed by atoms with Crippen LogP contribution in [0.5, 0.6) is 5.75 Å². The predicted molar refractivity (Wildman–Crippen MR) is 56.5 cm³/mol. The molecule has 0 aliphatic heterocycles. The van der Waals surface area contributed by atoms with Crippen molar-refractivity contribution in [2.45, 2.75) is 6.92 Å². The van der Waals surface area contributed by atoms with Gasteiger partial charge in [-0.3, -0.25) is 0 Å². The number of benzene rings is 1. The molecule has 78 valence electrons. The lowest BCUT2D eigenvalue weighted by Crippen LogP contribution is -1.94. The summed E-state index contributed by atoms with van der Waals surface area (Å²) in [5.41, 5.74) is 1.93. The molecule has 0 aliphatic carbocycles. The number of aromatic carboxylic acids is 1. The number of aryl methyl sites for hydroxylation is 1. The molecule has 0 saturated carbocycles. The number of rotatable bonds is 2. The summed E-state index contributed by atoms with van der Waals surface area (Å²) in [6.45, 7) is 1.92. The molecule has 2 aromatic rings. The standard InChI is InChI=1S/C11H11NO3/c1-6-3-4-8-7(10(6)15-2)5-9(12-8)11(13)14/h3-5,12H,1-2H3,(H,13,14). The van der Waals surface area contributed by atoms with E-state index in [0.717, 1.165) is 22.2 Å². The van der Waals surface area contributed by atoms with Crippen LogP contribution in [0.1, 0.15) is 16.1 Å². The third kappa shape index (κ3) is 1.44. The molecule has 15 heavy (non-hydrogen) atoms. The van der Waals surface area contributed by atoms with Crippen molar-refractivity contribution in [3.05, 3.63) is 29.5 Å². The molecule has 4 heteroatoms. The van der Waals surface area contributed by atoms with E-state index in [9.17, 15) is 4.79 Å². The molecule has 0 saturated heterocycles. The molecule has 0 atom stereocenters. The fourth-order valence-electron chi connectivity index (χ4n) is 1.67. The Balaban J connectivity index is 2.75. The van der Waals surface area contributed by atoms with E-state index in [0.29, 0.717) is 0 Å². The van der Waals surface area contributed by atoms with Gasteiger partial charge in [0.2, 0.25) is 0 Å². The van der Waals surface area contributed by atoms with E-state index in [4.69, 9.17) is 9.84 Å². The largest absolute Gasteiger partial charge is 0.496 e. The Labute approximate surface area is 86.5 Å². The number of ether oxygens (including phenoxy) is 1. The third-order valence-corrected chi connectivity index (χ3v) is 2.39. The molecule has 0 amide bonds. The summed E-state index contributed by atoms with van der Waals surface area (Å²) in [5, 5.41) is 9.65. The number of H-pyrrole nitrogens is 1. The van der Waals surface area contributed by atoms with Gasteiger partial charge in [0, 0.05) is 10.9 Å². The Kier molecular flexibility index (Phi) is 2.11. The summed E-state index contributed by atoms with van der Waals surface area (Å²) in [6, 6.07) is 5.33. The summed E-state index contributed by atoms with van der Waals surface area (Å²) in [4.78, 5) is 13.6. The van der Waals surface area contributed by atoms with Crippen molar-refractivity contribution in [3.8, 4) is 5.75 Å². The summed E-state index contributed by atoms with van der Waals surface area (Å²) in [5.74, 6) is -0.248. The highest BCUT2D eigenvalue weighted by molar-refractivity contribution is 5.96. The first kappa shape index (κ1) is 9.58. The first-order valence-electron chi connectivity index (χ1n) is 4.53. The van der Waals surface area contributed by atoms with E-state index < -0.39 is 5.97 Å². The van der Waals surface area contributed by atoms with E-state index in [-0.39, 0.29) is 5.69 Å². The Hall–Kier alpha value is -1.97. The number of hydrogen-bond donors (Lipinski definition) is 2. The maximum Gasteiger partial charge on any atom is 0.352 e. The molecular weight excluding hydrogens is 194 g/mol. The van der Waals surface area contributed by atoms with Gasteiger partial charge in [0.15, 0.2) is 0 Å². The second-order valence-electron chi connectivity index (χ2n) is 3.37. The van der Waals surface area contributed by atoms with Gasteiger partial charge in [-0.05, 0) is 24.6 Å². The average Bonchev–Trinajstić information content (AvgIpc) is 2.61. The van der Waals surface area contributed by atoms with Crippen LogP contribution in [0.4, 0.5) is 0 Å². The van der Waals surface area contributed by atoms with Crippen molar-refractivity contribution in [1.29, 1.82) is 0 Å². The van der Waals surface area contributed by atoms with Gasteiger partial charge in [0.1, 0.15) is 11.4 Å². The summed E-state index contributed by atoms with van der Waals surface area (Å²) >= 11 is 0. The molecule has 0 radical (unpaired) electrons. The van der Waals surface area contributed by atoms with E-state index >= 15 is 0 Å². The van der Waals surface area contributed by atoms with Crippen LogP contribution in [-0.4, -0.2) is 23.2 Å². The van der Waals surface area contributed by atoms with Crippen molar-refractivity contribution in [1.82, 2.24) is 4.98 Å². The molecule has 0 unspecified atom stereocenters. The SMILES string of the molecule is COc1c(C)ccc2[nH]c(C(=O)O)cc12. The zero-order valence-electron chi connectivity index (χ0n) is 8.50. The van der Waals surface area contributed by atoms with Gasteiger partial charge in [-0.1, -0.05) is 6.07 Å². The van der Waals surface area contributed by atoms with Crippen molar-refractivity contribution in [2.24, 2.45) is 0 Å². The predicted octanol–water partition coefficient (Wildman–Crippen LogP) is 2.18. The lowest BCUT2D eigenvalue weighted by molar-refractivity contribution is 0.0691. The van der Waals surface area contributed by atoms with Crippen molar-refractivity contribution >= 4 is 16.9 Å². The second kappa shape index (κ2) is 3.31. The molecule has 1 aromatic heterocycles. The van der Waals surface area contributed by atoms with Gasteiger partial charge in [0.05, 0.1) is 7.11 Å². The summed E-state index contributed by atoms with van der Waals surface area (Å²) in [6.07, 6.45) is 0. The monoisotopic (exact) mass is 205 g/mol. The van der Waals surface area contributed by atoms with E-state index in [2.05, 4.69) is 4.98 Å². The van der Waals surface area contributed by atoms with Gasteiger partial charge >= 0.3 is 5.97 Å². The maximum atomic E-state index is 10.8. The van der Waals surface area contributed by atoms with Gasteiger partial charge in [-0.2, -0.15) is 0 Å². The number of carboxylic acids is 1. The number of carboxylic acid groups (broad SMARTS) is 1. The lowest BCUT2D eigenvalue weighted by Gasteiger charge is -2.04. The Morgan fingerprint density at radius 1 is 1.47 bits per heavy atom. The fourth-order valence-corrected chi connectivity index (χ4v) is 1.67. The zero-order chi connectivity index (χ0) is 11.0. The van der Waals surface area contributed by atoms with Gasteiger partial charge < -0.3 is 14.8 Å². The van der Waals surface area contributed by atoms with Crippen LogP contribution < -0.4 is 4.74 Å². The van der Waals surface area contributed by atoms with Crippen molar-refractivity contribution in [3.63, 3.8) is 0 Å². The topological polar surface area (TPSA) is 62.3 Å². The number of aromatic amines is 1. The van der Waals surface area contributed by atoms with Gasteiger partial charge in [0.25, 0.3) is 0 Å². The molecule has 0 fully saturated rings. The normalized spacial score (nSPS) is 10.5. The quantitative estimate of drug-likeness (QED) is 0.789. The number of carbonyl (C=O) groups is 1. The zero-order valence-corrected chi connectivity index (χ0v) is 8.50. The first-order chi connectivity index (χ1) is 7.13. The van der Waals surface area contributed by atoms with Crippen molar-refractivity contribution in [2.75, 3.05) is 7.11 Å². The molecule has 0 aliphatic rings. The van der Waals surface area contributed by atoms with Crippen LogP contribution in [0.2, 0.25) is 0 Å². The van der Waals surface area contributed by atoms with E-state index in [1.165, 1.54) is 0 Å². The molecule has 0 bridgehead atoms. The molecule has 1 aromatic carbocycles. The lowest BCUT2D eigenvalue weighted by atomic mass is 10.1. The molecule has 2 N–H and O–H groups in total. The maximum absolute atomic E-state index is 10.8. The number of aromatic nitrogens is 1. The van der Waals surface area contributed by atoms with Crippen LogP contribution >= 0.6 is 0 Å². The van der Waals surface area contributed by atoms with Crippen LogP contribution in [-0.2, 0) is 0 Å². The van der Waals surface area contributed by atoms with Crippen LogP contribution in [0, 0.1) is 6.92 Å². The average molecular weight is 205 g/mol. The highest BCUT2D eigenvalue weighted by Crippen LogP contribution is 2.29. The first-order valence-corrected chi connectivity index (χ1v) is 4.53. The Morgan fingerprint density at radius 2 is 2.20 bits per heavy atom. The number of nitrogens with one attached hydrogen (secondary N) is 1. The van der Waals surface area contributed by atoms with Crippen LogP contribution in [0.15, 0.2) is 18.2 Å². The van der Waals surface area contributed by atoms with Gasteiger partial charge in [-0.25, -0.2) is 4.79 Å². The number of fused-ring (bicyclic) bond motifs is 1. The highest BCUT2D eigenvalue weighted by atomic mass is 16.5. The molecule has 4 nitrogen and oxygen atoms in total. The summed E-state index contributed by atoms with van der Waals surface area (Å²) in [7, 11) is 1.58. The fraction of sp³-hybridized carbons (Fsp3) is 0.182. The van der Waals surface area contributed by atoms with Crippen LogP contribution in [0.25, 0.3) is 10.9 Å². The van der Waals surface area contributed by atoms with E-state index in [1.807, 2.05) is 19.1 Å². The summed E-state index contributed by atoms with van der Waals surface area (Å²) < 4.78 is 5.24. The molecule has 0 spiro atoms. The minimum Gasteiger partial charge on any atom is -0.496 e. The van der Waals surface area contributed by atoms with Crippen LogP contribution in [0.3, 0.4) is 0 Å². The number of hydrogen-bond acceptors (Lipinski definition) is 2. The highest BCUT2D eigenvalue weighted by Gasteiger charge is 2.11. The number of methoxy groups -OCH3 is 1. The second-order valence-corrected chi connectivity index (χ2v) is 3.37. The Bertz CT molecular complexity index is 528. The molecule has 1 heterocycles.